The monoisotopic (exact) mass is 420 g/mol. The van der Waals surface area contributed by atoms with Crippen molar-refractivity contribution in [1.82, 2.24) is 4.98 Å². The third-order valence-corrected chi connectivity index (χ3v) is 3.96. The molecule has 0 unspecified atom stereocenters. The van der Waals surface area contributed by atoms with Crippen LogP contribution in [0.3, 0.4) is 0 Å². The van der Waals surface area contributed by atoms with Gasteiger partial charge in [-0.2, -0.15) is 0 Å². The number of nitrogens with one attached hydrogen (secondary N) is 1. The second-order valence-electron chi connectivity index (χ2n) is 5.72. The predicted octanol–water partition coefficient (Wildman–Crippen LogP) is 3.34. The van der Waals surface area contributed by atoms with Crippen molar-refractivity contribution >= 4 is 35.4 Å². The van der Waals surface area contributed by atoms with Crippen molar-refractivity contribution in [3.8, 4) is 17.2 Å². The maximum atomic E-state index is 12.1. The molecule has 0 bridgehead atoms. The first-order chi connectivity index (χ1) is 13.9. The van der Waals surface area contributed by atoms with Crippen LogP contribution in [0.15, 0.2) is 36.5 Å². The first kappa shape index (κ1) is 22.0. The summed E-state index contributed by atoms with van der Waals surface area (Å²) in [5, 5.41) is 2.98. The Labute approximate surface area is 173 Å². The lowest BCUT2D eigenvalue weighted by Crippen LogP contribution is -2.29. The van der Waals surface area contributed by atoms with E-state index in [2.05, 4.69) is 10.3 Å². The average Bonchev–Trinajstić information content (AvgIpc) is 2.72. The lowest BCUT2D eigenvalue weighted by Gasteiger charge is -2.13. The Bertz CT molecular complexity index is 873. The molecule has 9 heteroatoms. The van der Waals surface area contributed by atoms with E-state index >= 15 is 0 Å². The summed E-state index contributed by atoms with van der Waals surface area (Å²) in [6.07, 6.45) is 3.08. The minimum absolute atomic E-state index is 0.301. The van der Waals surface area contributed by atoms with Crippen molar-refractivity contribution < 1.29 is 28.5 Å². The number of nitrogens with zero attached hydrogens (tertiary/aromatic N) is 1. The molecule has 1 N–H and O–H groups in total. The molecular formula is C20H21ClN2O6. The highest BCUT2D eigenvalue weighted by Crippen LogP contribution is 2.38. The van der Waals surface area contributed by atoms with Gasteiger partial charge in [0.05, 0.1) is 26.4 Å². The van der Waals surface area contributed by atoms with E-state index in [4.69, 9.17) is 30.5 Å². The lowest BCUT2D eigenvalue weighted by molar-refractivity contribution is -0.148. The van der Waals surface area contributed by atoms with Gasteiger partial charge >= 0.3 is 5.97 Å². The van der Waals surface area contributed by atoms with Gasteiger partial charge in [0.1, 0.15) is 5.82 Å². The molecule has 0 spiro atoms. The zero-order chi connectivity index (χ0) is 21.4. The van der Waals surface area contributed by atoms with Gasteiger partial charge in [0.15, 0.2) is 17.6 Å². The number of anilines is 1. The van der Waals surface area contributed by atoms with Gasteiger partial charge in [0, 0.05) is 12.3 Å². The van der Waals surface area contributed by atoms with E-state index in [1.54, 1.807) is 24.3 Å². The molecule has 1 aromatic heterocycles. The second kappa shape index (κ2) is 10.3. The number of halogens is 1. The molecule has 154 valence electrons. The molecule has 1 heterocycles. The van der Waals surface area contributed by atoms with Crippen molar-refractivity contribution in [3.63, 3.8) is 0 Å². The zero-order valence-electron chi connectivity index (χ0n) is 16.4. The molecule has 1 atom stereocenters. The highest BCUT2D eigenvalue weighted by atomic mass is 35.5. The van der Waals surface area contributed by atoms with E-state index in [1.165, 1.54) is 46.6 Å². The fourth-order valence-corrected chi connectivity index (χ4v) is 2.42. The van der Waals surface area contributed by atoms with Crippen LogP contribution in [-0.4, -0.2) is 44.3 Å². The molecule has 0 saturated carbocycles. The number of rotatable bonds is 8. The van der Waals surface area contributed by atoms with Gasteiger partial charge in [0.2, 0.25) is 5.75 Å². The van der Waals surface area contributed by atoms with Crippen molar-refractivity contribution in [2.75, 3.05) is 26.6 Å². The number of pyridine rings is 1. The number of carbonyl (C=O) groups is 2. The number of amides is 1. The van der Waals surface area contributed by atoms with Crippen LogP contribution in [0.4, 0.5) is 5.82 Å². The van der Waals surface area contributed by atoms with Crippen molar-refractivity contribution in [2.45, 2.75) is 13.0 Å². The Balaban J connectivity index is 2.01. The SMILES string of the molecule is COc1cc(/C=C/C(=O)O[C@@H](C)C(=O)Nc2ccc(Cl)cn2)cc(OC)c1OC. The van der Waals surface area contributed by atoms with Crippen LogP contribution in [0.1, 0.15) is 12.5 Å². The van der Waals surface area contributed by atoms with Crippen LogP contribution in [0.2, 0.25) is 5.02 Å². The molecule has 2 rings (SSSR count). The summed E-state index contributed by atoms with van der Waals surface area (Å²) in [4.78, 5) is 28.1. The van der Waals surface area contributed by atoms with E-state index in [1.807, 2.05) is 0 Å². The third kappa shape index (κ3) is 6.11. The summed E-state index contributed by atoms with van der Waals surface area (Å²) < 4.78 is 20.9. The number of methoxy groups -OCH3 is 3. The van der Waals surface area contributed by atoms with Crippen molar-refractivity contribution in [2.24, 2.45) is 0 Å². The Morgan fingerprint density at radius 1 is 1.10 bits per heavy atom. The second-order valence-corrected chi connectivity index (χ2v) is 6.16. The standard InChI is InChI=1S/C20H21ClN2O6/c1-12(20(25)23-17-7-6-14(21)11-22-17)29-18(24)8-5-13-9-15(26-2)19(28-4)16(10-13)27-3/h5-12H,1-4H3,(H,22,23,25)/b8-5+/t12-/m0/s1. The van der Waals surface area contributed by atoms with Gasteiger partial charge in [-0.15, -0.1) is 0 Å². The van der Waals surface area contributed by atoms with Crippen LogP contribution in [-0.2, 0) is 14.3 Å². The number of benzene rings is 1. The summed E-state index contributed by atoms with van der Waals surface area (Å²) in [5.41, 5.74) is 0.624. The molecule has 2 aromatic rings. The van der Waals surface area contributed by atoms with E-state index in [0.717, 1.165) is 0 Å². The fourth-order valence-electron chi connectivity index (χ4n) is 2.31. The smallest absolute Gasteiger partial charge is 0.331 e. The van der Waals surface area contributed by atoms with Gasteiger partial charge in [-0.05, 0) is 42.8 Å². The van der Waals surface area contributed by atoms with E-state index in [9.17, 15) is 9.59 Å². The first-order valence-electron chi connectivity index (χ1n) is 8.49. The number of carbonyl (C=O) groups excluding carboxylic acids is 2. The number of hydrogen-bond acceptors (Lipinski definition) is 7. The van der Waals surface area contributed by atoms with Crippen LogP contribution in [0.5, 0.6) is 17.2 Å². The van der Waals surface area contributed by atoms with E-state index in [0.29, 0.717) is 33.7 Å². The molecule has 8 nitrogen and oxygen atoms in total. The van der Waals surface area contributed by atoms with Crippen LogP contribution >= 0.6 is 11.6 Å². The van der Waals surface area contributed by atoms with Gasteiger partial charge in [-0.3, -0.25) is 4.79 Å². The maximum absolute atomic E-state index is 12.1. The molecule has 0 aliphatic carbocycles. The summed E-state index contributed by atoms with van der Waals surface area (Å²) in [5.74, 6) is 0.428. The quantitative estimate of drug-likeness (QED) is 0.516. The number of ether oxygens (including phenoxy) is 4. The van der Waals surface area contributed by atoms with Gasteiger partial charge in [-0.25, -0.2) is 9.78 Å². The molecule has 0 fully saturated rings. The van der Waals surface area contributed by atoms with Crippen LogP contribution < -0.4 is 19.5 Å². The maximum Gasteiger partial charge on any atom is 0.331 e. The minimum Gasteiger partial charge on any atom is -0.493 e. The average molecular weight is 421 g/mol. The number of aromatic nitrogens is 1. The van der Waals surface area contributed by atoms with Crippen LogP contribution in [0, 0.1) is 0 Å². The number of hydrogen-bond donors (Lipinski definition) is 1. The number of esters is 1. The molecular weight excluding hydrogens is 400 g/mol. The van der Waals surface area contributed by atoms with E-state index in [-0.39, 0.29) is 0 Å². The van der Waals surface area contributed by atoms with E-state index < -0.39 is 18.0 Å². The molecule has 1 amide bonds. The third-order valence-electron chi connectivity index (χ3n) is 3.74. The predicted molar refractivity (Wildman–Crippen MR) is 109 cm³/mol. The summed E-state index contributed by atoms with van der Waals surface area (Å²) in [6, 6.07) is 6.47. The molecule has 0 aliphatic heterocycles. The lowest BCUT2D eigenvalue weighted by atomic mass is 10.1. The Hall–Kier alpha value is -3.26. The summed E-state index contributed by atoms with van der Waals surface area (Å²) >= 11 is 5.75. The van der Waals surface area contributed by atoms with Gasteiger partial charge < -0.3 is 24.3 Å². The summed E-state index contributed by atoms with van der Waals surface area (Å²) in [6.45, 7) is 1.45. The Morgan fingerprint density at radius 3 is 2.28 bits per heavy atom. The normalized spacial score (nSPS) is 11.6. The molecule has 0 saturated heterocycles. The molecule has 29 heavy (non-hydrogen) atoms. The molecule has 1 aromatic carbocycles. The molecule has 0 radical (unpaired) electrons. The van der Waals surface area contributed by atoms with Gasteiger partial charge in [-0.1, -0.05) is 11.6 Å². The zero-order valence-corrected chi connectivity index (χ0v) is 17.1. The highest BCUT2D eigenvalue weighted by Gasteiger charge is 2.17. The van der Waals surface area contributed by atoms with Crippen molar-refractivity contribution in [3.05, 3.63) is 47.1 Å². The topological polar surface area (TPSA) is 96.0 Å². The summed E-state index contributed by atoms with van der Waals surface area (Å²) in [7, 11) is 4.49. The Kier molecular flexibility index (Phi) is 7.85. The van der Waals surface area contributed by atoms with Crippen LogP contribution in [0.25, 0.3) is 6.08 Å². The highest BCUT2D eigenvalue weighted by molar-refractivity contribution is 6.30. The minimum atomic E-state index is -1.02. The first-order valence-corrected chi connectivity index (χ1v) is 8.86. The Morgan fingerprint density at radius 2 is 1.76 bits per heavy atom. The fraction of sp³-hybridized carbons (Fsp3) is 0.250. The van der Waals surface area contributed by atoms with Gasteiger partial charge in [0.25, 0.3) is 5.91 Å². The largest absolute Gasteiger partial charge is 0.493 e. The van der Waals surface area contributed by atoms with Crippen molar-refractivity contribution in [1.29, 1.82) is 0 Å². The molecule has 0 aliphatic rings.